The Bertz CT molecular complexity index is 1500. The Kier molecular flexibility index (Phi) is 6.24. The molecule has 0 bridgehead atoms. The molecule has 0 radical (unpaired) electrons. The minimum Gasteiger partial charge on any atom is -0.383 e. The first-order chi connectivity index (χ1) is 17.3. The van der Waals surface area contributed by atoms with E-state index in [0.717, 1.165) is 41.0 Å². The molecule has 4 aromatic rings. The van der Waals surface area contributed by atoms with Crippen molar-refractivity contribution in [3.05, 3.63) is 89.6 Å². The molecule has 0 saturated carbocycles. The monoisotopic (exact) mass is 500 g/mol. The predicted molar refractivity (Wildman–Crippen MR) is 144 cm³/mol. The zero-order chi connectivity index (χ0) is 25.3. The number of nitrogens with zero attached hydrogens (tertiary/aromatic N) is 3. The normalized spacial score (nSPS) is 13.0. The quantitative estimate of drug-likeness (QED) is 0.349. The van der Waals surface area contributed by atoms with Crippen molar-refractivity contribution in [1.82, 2.24) is 9.97 Å². The molecule has 1 aromatic heterocycles. The van der Waals surface area contributed by atoms with Gasteiger partial charge < -0.3 is 21.7 Å². The van der Waals surface area contributed by atoms with Crippen molar-refractivity contribution in [3.8, 4) is 11.1 Å². The lowest BCUT2D eigenvalue weighted by Gasteiger charge is -2.21. The molecule has 8 nitrogen and oxygen atoms in total. The Morgan fingerprint density at radius 3 is 2.39 bits per heavy atom. The molecule has 1 aliphatic heterocycles. The minimum atomic E-state index is -3.20. The molecule has 0 saturated heterocycles. The lowest BCUT2D eigenvalue weighted by Crippen LogP contribution is -2.22. The molecule has 0 fully saturated rings. The van der Waals surface area contributed by atoms with E-state index in [2.05, 4.69) is 38.4 Å². The number of benzene rings is 3. The highest BCUT2D eigenvalue weighted by Crippen LogP contribution is 2.34. The van der Waals surface area contributed by atoms with Crippen LogP contribution < -0.4 is 21.7 Å². The van der Waals surface area contributed by atoms with Gasteiger partial charge in [-0.2, -0.15) is 4.98 Å². The number of fused-ring (bicyclic) bond motifs is 1. The van der Waals surface area contributed by atoms with Crippen LogP contribution in [0.25, 0.3) is 11.1 Å². The first-order valence-electron chi connectivity index (χ1n) is 11.7. The van der Waals surface area contributed by atoms with Gasteiger partial charge in [0.25, 0.3) is 0 Å². The van der Waals surface area contributed by atoms with Crippen LogP contribution in [0.5, 0.6) is 0 Å². The number of nitrogens with two attached hydrogens (primary N) is 2. The van der Waals surface area contributed by atoms with Crippen LogP contribution in [0.15, 0.2) is 77.7 Å². The first-order valence-corrected chi connectivity index (χ1v) is 13.5. The summed E-state index contributed by atoms with van der Waals surface area (Å²) in [7, 11) is -3.20. The van der Waals surface area contributed by atoms with Gasteiger partial charge in [0, 0.05) is 36.3 Å². The number of sulfone groups is 1. The van der Waals surface area contributed by atoms with E-state index in [1.54, 1.807) is 12.1 Å². The van der Waals surface area contributed by atoms with Gasteiger partial charge in [-0.25, -0.2) is 13.4 Å². The van der Waals surface area contributed by atoms with Gasteiger partial charge >= 0.3 is 0 Å². The highest BCUT2D eigenvalue weighted by atomic mass is 32.2. The molecule has 5 rings (SSSR count). The second-order valence-corrected chi connectivity index (χ2v) is 11.0. The van der Waals surface area contributed by atoms with Gasteiger partial charge in [0.2, 0.25) is 5.95 Å². The van der Waals surface area contributed by atoms with Crippen molar-refractivity contribution >= 4 is 33.0 Å². The number of nitrogen functional groups attached to an aromatic ring is 2. The van der Waals surface area contributed by atoms with E-state index < -0.39 is 9.84 Å². The van der Waals surface area contributed by atoms with Crippen LogP contribution in [0.3, 0.4) is 0 Å². The van der Waals surface area contributed by atoms with Crippen molar-refractivity contribution in [2.24, 2.45) is 0 Å². The zero-order valence-corrected chi connectivity index (χ0v) is 20.8. The lowest BCUT2D eigenvalue weighted by atomic mass is 10.0. The number of anilines is 4. The predicted octanol–water partition coefficient (Wildman–Crippen LogP) is 3.89. The van der Waals surface area contributed by atoms with Crippen LogP contribution in [0.1, 0.15) is 16.8 Å². The first kappa shape index (κ1) is 23.6. The fourth-order valence-corrected chi connectivity index (χ4v) is 5.17. The highest BCUT2D eigenvalue weighted by molar-refractivity contribution is 7.90. The number of para-hydroxylation sites is 1. The summed E-state index contributed by atoms with van der Waals surface area (Å²) in [4.78, 5) is 11.4. The highest BCUT2D eigenvalue weighted by Gasteiger charge is 2.22. The molecule has 0 aliphatic carbocycles. The average molecular weight is 501 g/mol. The van der Waals surface area contributed by atoms with E-state index in [-0.39, 0.29) is 5.95 Å². The Morgan fingerprint density at radius 1 is 0.944 bits per heavy atom. The summed E-state index contributed by atoms with van der Waals surface area (Å²) < 4.78 is 23.3. The van der Waals surface area contributed by atoms with Crippen molar-refractivity contribution in [2.45, 2.75) is 24.4 Å². The summed E-state index contributed by atoms with van der Waals surface area (Å²) in [6.07, 6.45) is 2.20. The van der Waals surface area contributed by atoms with Crippen molar-refractivity contribution in [2.75, 3.05) is 34.5 Å². The summed E-state index contributed by atoms with van der Waals surface area (Å²) in [6.45, 7) is 2.07. The topological polar surface area (TPSA) is 127 Å². The summed E-state index contributed by atoms with van der Waals surface area (Å²) in [5, 5.41) is 3.37. The SMILES string of the molecule is CS(=O)(=O)c1ccc(CNc2ccc(-c3c(N)nc(N)nc3CN3CCc4ccccc43)cc2)cc1. The average Bonchev–Trinajstić information content (AvgIpc) is 3.25. The van der Waals surface area contributed by atoms with Crippen LogP contribution in [-0.4, -0.2) is 31.2 Å². The molecule has 2 heterocycles. The third kappa shape index (κ3) is 4.96. The molecule has 36 heavy (non-hydrogen) atoms. The summed E-state index contributed by atoms with van der Waals surface area (Å²) in [5.74, 6) is 0.524. The largest absolute Gasteiger partial charge is 0.383 e. The molecular formula is C27H28N6O2S. The van der Waals surface area contributed by atoms with E-state index >= 15 is 0 Å². The van der Waals surface area contributed by atoms with E-state index in [0.29, 0.717) is 23.8 Å². The van der Waals surface area contributed by atoms with Gasteiger partial charge in [0.15, 0.2) is 9.84 Å². The smallest absolute Gasteiger partial charge is 0.222 e. The molecule has 1 aliphatic rings. The standard InChI is InChI=1S/C27H28N6O2S/c1-36(34,35)22-12-6-18(7-13-22)16-30-21-10-8-20(9-11-21)25-23(31-27(29)32-26(25)28)17-33-15-14-19-4-2-3-5-24(19)33/h2-13,30H,14-17H2,1H3,(H4,28,29,31,32). The molecule has 0 unspecified atom stereocenters. The van der Waals surface area contributed by atoms with E-state index in [9.17, 15) is 8.42 Å². The molecular weight excluding hydrogens is 472 g/mol. The van der Waals surface area contributed by atoms with Gasteiger partial charge in [-0.3, -0.25) is 0 Å². The Labute approximate surface area is 210 Å². The maximum atomic E-state index is 11.6. The molecule has 5 N–H and O–H groups in total. The Morgan fingerprint density at radius 2 is 1.67 bits per heavy atom. The maximum absolute atomic E-state index is 11.6. The van der Waals surface area contributed by atoms with Crippen molar-refractivity contribution < 1.29 is 8.42 Å². The van der Waals surface area contributed by atoms with Gasteiger partial charge in [-0.05, 0) is 53.4 Å². The Hall–Kier alpha value is -4.11. The van der Waals surface area contributed by atoms with Gasteiger partial charge in [0.05, 0.1) is 17.1 Å². The number of hydrogen-bond donors (Lipinski definition) is 3. The van der Waals surface area contributed by atoms with E-state index in [1.807, 2.05) is 42.5 Å². The van der Waals surface area contributed by atoms with E-state index in [1.165, 1.54) is 17.5 Å². The second kappa shape index (κ2) is 9.50. The molecule has 184 valence electrons. The number of nitrogens with one attached hydrogen (secondary N) is 1. The molecule has 9 heteroatoms. The Balaban J connectivity index is 1.34. The van der Waals surface area contributed by atoms with Gasteiger partial charge in [-0.1, -0.05) is 42.5 Å². The summed E-state index contributed by atoms with van der Waals surface area (Å²) >= 11 is 0. The number of rotatable bonds is 7. The third-order valence-electron chi connectivity index (χ3n) is 6.37. The minimum absolute atomic E-state index is 0.166. The molecule has 0 spiro atoms. The molecule has 3 aromatic carbocycles. The molecule has 0 atom stereocenters. The summed E-state index contributed by atoms with van der Waals surface area (Å²) in [6, 6.07) is 23.2. The summed E-state index contributed by atoms with van der Waals surface area (Å²) in [5.41, 5.74) is 19.2. The van der Waals surface area contributed by atoms with E-state index in [4.69, 9.17) is 11.5 Å². The third-order valence-corrected chi connectivity index (χ3v) is 7.50. The molecule has 0 amide bonds. The van der Waals surface area contributed by atoms with Crippen LogP contribution in [-0.2, 0) is 29.3 Å². The maximum Gasteiger partial charge on any atom is 0.222 e. The van der Waals surface area contributed by atoms with Crippen LogP contribution >= 0.6 is 0 Å². The van der Waals surface area contributed by atoms with Gasteiger partial charge in [0.1, 0.15) is 5.82 Å². The number of hydrogen-bond acceptors (Lipinski definition) is 8. The fourth-order valence-electron chi connectivity index (χ4n) is 4.54. The number of aromatic nitrogens is 2. The van der Waals surface area contributed by atoms with Crippen LogP contribution in [0.2, 0.25) is 0 Å². The lowest BCUT2D eigenvalue weighted by molar-refractivity contribution is 0.602. The van der Waals surface area contributed by atoms with Crippen LogP contribution in [0.4, 0.5) is 23.1 Å². The van der Waals surface area contributed by atoms with Gasteiger partial charge in [-0.15, -0.1) is 0 Å². The van der Waals surface area contributed by atoms with Crippen molar-refractivity contribution in [1.29, 1.82) is 0 Å². The zero-order valence-electron chi connectivity index (χ0n) is 20.0. The van der Waals surface area contributed by atoms with Crippen molar-refractivity contribution in [3.63, 3.8) is 0 Å². The fraction of sp³-hybridized carbons (Fsp3) is 0.185. The van der Waals surface area contributed by atoms with Crippen LogP contribution in [0, 0.1) is 0 Å². The second-order valence-electron chi connectivity index (χ2n) is 8.94.